The third kappa shape index (κ3) is 6.94. The van der Waals surface area contributed by atoms with E-state index in [1.54, 1.807) is 25.1 Å². The van der Waals surface area contributed by atoms with E-state index in [2.05, 4.69) is 27.8 Å². The minimum absolute atomic E-state index is 0.115. The van der Waals surface area contributed by atoms with Gasteiger partial charge in [0.1, 0.15) is 6.04 Å². The van der Waals surface area contributed by atoms with Gasteiger partial charge in [0, 0.05) is 42.9 Å². The highest BCUT2D eigenvalue weighted by Crippen LogP contribution is 2.22. The summed E-state index contributed by atoms with van der Waals surface area (Å²) in [6.45, 7) is 2.57. The van der Waals surface area contributed by atoms with Crippen LogP contribution in [-0.4, -0.2) is 47.5 Å². The number of nitrogens with one attached hydrogen (secondary N) is 1. The molecule has 0 saturated carbocycles. The molecule has 5 aromatic rings. The number of rotatable bonds is 10. The topological polar surface area (TPSA) is 76.5 Å². The SMILES string of the molecule is CCOC(=O)[C@H](Cc1ccc(C#CCN(C)c2nc3ccccc3n2C)cc1)Nc1ccccc1C(=O)c1ccccc1. The van der Waals surface area contributed by atoms with Gasteiger partial charge in [-0.3, -0.25) is 4.79 Å². The molecule has 1 N–H and O–H groups in total. The number of ketones is 1. The molecule has 0 unspecified atom stereocenters. The molecule has 0 bridgehead atoms. The Labute approximate surface area is 252 Å². The van der Waals surface area contributed by atoms with Crippen molar-refractivity contribution >= 4 is 34.4 Å². The monoisotopic (exact) mass is 570 g/mol. The number of ether oxygens (including phenoxy) is 1. The second kappa shape index (κ2) is 13.5. The third-order valence-corrected chi connectivity index (χ3v) is 7.16. The van der Waals surface area contributed by atoms with Crippen LogP contribution in [-0.2, 0) is 23.0 Å². The number of carbonyl (C=O) groups excluding carboxylic acids is 2. The zero-order valence-electron chi connectivity index (χ0n) is 24.6. The van der Waals surface area contributed by atoms with Gasteiger partial charge < -0.3 is 19.5 Å². The first-order valence-electron chi connectivity index (χ1n) is 14.3. The summed E-state index contributed by atoms with van der Waals surface area (Å²) in [5.74, 6) is 6.82. The molecular weight excluding hydrogens is 536 g/mol. The molecule has 1 atom stereocenters. The highest BCUT2D eigenvalue weighted by Gasteiger charge is 2.23. The highest BCUT2D eigenvalue weighted by molar-refractivity contribution is 6.12. The number of hydrogen-bond donors (Lipinski definition) is 1. The Morgan fingerprint density at radius 3 is 2.37 bits per heavy atom. The number of esters is 1. The number of fused-ring (bicyclic) bond motifs is 1. The number of benzene rings is 4. The molecule has 0 radical (unpaired) electrons. The van der Waals surface area contributed by atoms with E-state index in [1.165, 1.54) is 0 Å². The minimum Gasteiger partial charge on any atom is -0.464 e. The Kier molecular flexibility index (Phi) is 9.18. The van der Waals surface area contributed by atoms with Gasteiger partial charge in [0.15, 0.2) is 5.78 Å². The predicted molar refractivity (Wildman–Crippen MR) is 171 cm³/mol. The van der Waals surface area contributed by atoms with Gasteiger partial charge in [-0.1, -0.05) is 78.6 Å². The van der Waals surface area contributed by atoms with E-state index < -0.39 is 6.04 Å². The summed E-state index contributed by atoms with van der Waals surface area (Å²) >= 11 is 0. The van der Waals surface area contributed by atoms with Crippen molar-refractivity contribution in [1.29, 1.82) is 0 Å². The van der Waals surface area contributed by atoms with Crippen molar-refractivity contribution in [2.45, 2.75) is 19.4 Å². The molecule has 5 rings (SSSR count). The van der Waals surface area contributed by atoms with Crippen LogP contribution in [0.2, 0.25) is 0 Å². The summed E-state index contributed by atoms with van der Waals surface area (Å²) < 4.78 is 7.44. The molecule has 216 valence electrons. The molecule has 0 aliphatic carbocycles. The number of aryl methyl sites for hydroxylation is 1. The summed E-state index contributed by atoms with van der Waals surface area (Å²) in [5.41, 5.74) is 5.52. The first-order valence-corrected chi connectivity index (χ1v) is 14.3. The van der Waals surface area contributed by atoms with Crippen LogP contribution in [0.3, 0.4) is 0 Å². The van der Waals surface area contributed by atoms with Gasteiger partial charge in [-0.25, -0.2) is 9.78 Å². The average Bonchev–Trinajstić information content (AvgIpc) is 3.38. The second-order valence-electron chi connectivity index (χ2n) is 10.2. The number of aromatic nitrogens is 2. The lowest BCUT2D eigenvalue weighted by Gasteiger charge is -2.20. The number of nitrogens with zero attached hydrogens (tertiary/aromatic N) is 3. The van der Waals surface area contributed by atoms with Gasteiger partial charge in [-0.2, -0.15) is 0 Å². The van der Waals surface area contributed by atoms with Crippen LogP contribution in [0.5, 0.6) is 0 Å². The van der Waals surface area contributed by atoms with Crippen molar-refractivity contribution in [3.63, 3.8) is 0 Å². The number of hydrogen-bond acceptors (Lipinski definition) is 6. The van der Waals surface area contributed by atoms with Crippen LogP contribution in [0.4, 0.5) is 11.6 Å². The molecule has 7 heteroatoms. The minimum atomic E-state index is -0.677. The normalized spacial score (nSPS) is 11.3. The van der Waals surface area contributed by atoms with E-state index in [4.69, 9.17) is 9.72 Å². The Balaban J connectivity index is 1.27. The zero-order chi connectivity index (χ0) is 30.2. The molecule has 0 amide bonds. The number of anilines is 2. The molecule has 43 heavy (non-hydrogen) atoms. The number of para-hydroxylation sites is 3. The molecule has 0 aliphatic rings. The van der Waals surface area contributed by atoms with Crippen molar-refractivity contribution in [2.75, 3.05) is 30.4 Å². The van der Waals surface area contributed by atoms with Gasteiger partial charge in [0.25, 0.3) is 0 Å². The maximum absolute atomic E-state index is 13.2. The van der Waals surface area contributed by atoms with E-state index in [1.807, 2.05) is 97.9 Å². The van der Waals surface area contributed by atoms with Gasteiger partial charge in [-0.15, -0.1) is 0 Å². The lowest BCUT2D eigenvalue weighted by Crippen LogP contribution is -2.34. The van der Waals surface area contributed by atoms with Gasteiger partial charge in [-0.05, 0) is 48.9 Å². The molecule has 0 saturated heterocycles. The van der Waals surface area contributed by atoms with E-state index in [9.17, 15) is 9.59 Å². The summed E-state index contributed by atoms with van der Waals surface area (Å²) in [6, 6.07) is 31.5. The number of carbonyl (C=O) groups is 2. The van der Waals surface area contributed by atoms with Crippen molar-refractivity contribution in [2.24, 2.45) is 7.05 Å². The van der Waals surface area contributed by atoms with Crippen molar-refractivity contribution in [3.05, 3.63) is 125 Å². The van der Waals surface area contributed by atoms with Crippen LogP contribution in [0, 0.1) is 11.8 Å². The molecule has 1 aromatic heterocycles. The fourth-order valence-electron chi connectivity index (χ4n) is 4.94. The summed E-state index contributed by atoms with van der Waals surface area (Å²) in [5, 5.41) is 3.29. The summed E-state index contributed by atoms with van der Waals surface area (Å²) in [7, 11) is 3.98. The van der Waals surface area contributed by atoms with Crippen molar-refractivity contribution in [1.82, 2.24) is 9.55 Å². The third-order valence-electron chi connectivity index (χ3n) is 7.16. The molecule has 4 aromatic carbocycles. The van der Waals surface area contributed by atoms with Gasteiger partial charge >= 0.3 is 5.97 Å². The molecular formula is C36H34N4O3. The van der Waals surface area contributed by atoms with E-state index in [0.29, 0.717) is 29.8 Å². The van der Waals surface area contributed by atoms with Crippen LogP contribution < -0.4 is 10.2 Å². The maximum atomic E-state index is 13.2. The fourth-order valence-corrected chi connectivity index (χ4v) is 4.94. The molecule has 0 spiro atoms. The standard InChI is InChI=1S/C36H34N4O3/c1-4-43-35(42)32(37-30-17-9-8-16-29(30)34(41)28-14-6-5-7-15-28)25-27-22-20-26(21-23-27)13-12-24-39(2)36-38-31-18-10-11-19-33(31)40(36)3/h5-11,14-23,32,37H,4,24-25H2,1-3H3/t32-/m0/s1. The molecule has 0 aliphatic heterocycles. The van der Waals surface area contributed by atoms with Crippen LogP contribution in [0.15, 0.2) is 103 Å². The average molecular weight is 571 g/mol. The lowest BCUT2D eigenvalue weighted by molar-refractivity contribution is -0.144. The summed E-state index contributed by atoms with van der Waals surface area (Å²) in [6.07, 6.45) is 0.385. The fraction of sp³-hybridized carbons (Fsp3) is 0.194. The first-order chi connectivity index (χ1) is 20.9. The Hall–Kier alpha value is -5.35. The second-order valence-corrected chi connectivity index (χ2v) is 10.2. The smallest absolute Gasteiger partial charge is 0.328 e. The largest absolute Gasteiger partial charge is 0.464 e. The first kappa shape index (κ1) is 29.2. The maximum Gasteiger partial charge on any atom is 0.328 e. The molecule has 0 fully saturated rings. The van der Waals surface area contributed by atoms with Gasteiger partial charge in [0.2, 0.25) is 5.95 Å². The highest BCUT2D eigenvalue weighted by atomic mass is 16.5. The van der Waals surface area contributed by atoms with Crippen molar-refractivity contribution in [3.8, 4) is 11.8 Å². The Morgan fingerprint density at radius 2 is 1.63 bits per heavy atom. The van der Waals surface area contributed by atoms with Gasteiger partial charge in [0.05, 0.1) is 24.2 Å². The Morgan fingerprint density at radius 1 is 0.930 bits per heavy atom. The van der Waals surface area contributed by atoms with Crippen LogP contribution in [0.25, 0.3) is 11.0 Å². The number of imidazole rings is 1. The summed E-state index contributed by atoms with van der Waals surface area (Å²) in [4.78, 5) is 32.9. The van der Waals surface area contributed by atoms with E-state index in [-0.39, 0.29) is 18.4 Å². The van der Waals surface area contributed by atoms with E-state index >= 15 is 0 Å². The molecule has 1 heterocycles. The van der Waals surface area contributed by atoms with Crippen molar-refractivity contribution < 1.29 is 14.3 Å². The van der Waals surface area contributed by atoms with Crippen LogP contribution in [0.1, 0.15) is 34.0 Å². The quantitative estimate of drug-likeness (QED) is 0.128. The van der Waals surface area contributed by atoms with Crippen LogP contribution >= 0.6 is 0 Å². The predicted octanol–water partition coefficient (Wildman–Crippen LogP) is 5.88. The lowest BCUT2D eigenvalue weighted by atomic mass is 10.00. The Bertz CT molecular complexity index is 1780. The van der Waals surface area contributed by atoms with E-state index in [0.717, 1.165) is 28.1 Å². The zero-order valence-corrected chi connectivity index (χ0v) is 24.6. The molecule has 7 nitrogen and oxygen atoms in total.